The molecule has 2 aromatic rings. The number of benzene rings is 1. The van der Waals surface area contributed by atoms with Crippen molar-refractivity contribution >= 4 is 9.84 Å². The highest BCUT2D eigenvalue weighted by Gasteiger charge is 2.06. The molecule has 0 unspecified atom stereocenters. The number of hydrogen-bond donors (Lipinski definition) is 1. The molecule has 0 fully saturated rings. The predicted octanol–water partition coefficient (Wildman–Crippen LogP) is 2.09. The highest BCUT2D eigenvalue weighted by molar-refractivity contribution is 7.90. The minimum absolute atomic E-state index is 0.345. The minimum atomic E-state index is -3.10. The predicted molar refractivity (Wildman–Crippen MR) is 59.3 cm³/mol. The van der Waals surface area contributed by atoms with Crippen LogP contribution in [0.2, 0.25) is 0 Å². The van der Waals surface area contributed by atoms with Crippen LogP contribution in [-0.2, 0) is 9.84 Å². The molecule has 1 heterocycles. The Hall–Kier alpha value is -1.55. The van der Waals surface area contributed by atoms with Crippen molar-refractivity contribution in [2.45, 2.75) is 4.90 Å². The van der Waals surface area contributed by atoms with Gasteiger partial charge in [0.2, 0.25) is 0 Å². The molecule has 15 heavy (non-hydrogen) atoms. The molecule has 0 spiro atoms. The molecule has 0 aliphatic heterocycles. The second-order valence-electron chi connectivity index (χ2n) is 3.38. The average molecular weight is 221 g/mol. The molecule has 4 heteroatoms. The smallest absolute Gasteiger partial charge is 0.175 e. The molecule has 0 radical (unpaired) electrons. The van der Waals surface area contributed by atoms with Gasteiger partial charge in [-0.3, -0.25) is 0 Å². The molecular formula is C11H11NO2S. The van der Waals surface area contributed by atoms with Gasteiger partial charge in [-0.1, -0.05) is 12.1 Å². The second-order valence-corrected chi connectivity index (χ2v) is 5.40. The van der Waals surface area contributed by atoms with Crippen LogP contribution in [0, 0.1) is 0 Å². The fraction of sp³-hybridized carbons (Fsp3) is 0.0909. The topological polar surface area (TPSA) is 49.9 Å². The lowest BCUT2D eigenvalue weighted by molar-refractivity contribution is 0.602. The highest BCUT2D eigenvalue weighted by atomic mass is 32.2. The van der Waals surface area contributed by atoms with Crippen LogP contribution in [-0.4, -0.2) is 19.7 Å². The molecule has 78 valence electrons. The summed E-state index contributed by atoms with van der Waals surface area (Å²) in [6.07, 6.45) is 3.04. The summed E-state index contributed by atoms with van der Waals surface area (Å²) in [5.74, 6) is 0. The second kappa shape index (κ2) is 3.55. The van der Waals surface area contributed by atoms with Gasteiger partial charge in [-0.25, -0.2) is 8.42 Å². The Labute approximate surface area is 88.7 Å². The van der Waals surface area contributed by atoms with Crippen LogP contribution < -0.4 is 0 Å². The molecule has 2 rings (SSSR count). The number of rotatable bonds is 2. The Morgan fingerprint density at radius 2 is 1.73 bits per heavy atom. The number of aromatic nitrogens is 1. The number of sulfone groups is 1. The van der Waals surface area contributed by atoms with E-state index in [1.807, 2.05) is 18.3 Å². The Balaban J connectivity index is 2.42. The van der Waals surface area contributed by atoms with Gasteiger partial charge in [0.15, 0.2) is 9.84 Å². The molecule has 0 saturated heterocycles. The Morgan fingerprint density at radius 3 is 2.20 bits per heavy atom. The van der Waals surface area contributed by atoms with Crippen molar-refractivity contribution in [3.8, 4) is 11.3 Å². The van der Waals surface area contributed by atoms with Crippen molar-refractivity contribution < 1.29 is 8.42 Å². The SMILES string of the molecule is CS(=O)(=O)c1ccc(-c2ccc[nH]2)cc1. The summed E-state index contributed by atoms with van der Waals surface area (Å²) in [6, 6.07) is 10.7. The van der Waals surface area contributed by atoms with Crippen LogP contribution in [0.15, 0.2) is 47.5 Å². The molecule has 0 atom stereocenters. The first-order valence-corrected chi connectivity index (χ1v) is 6.40. The quantitative estimate of drug-likeness (QED) is 0.844. The molecule has 0 bridgehead atoms. The Kier molecular flexibility index (Phi) is 2.36. The van der Waals surface area contributed by atoms with Crippen molar-refractivity contribution in [2.24, 2.45) is 0 Å². The fourth-order valence-electron chi connectivity index (χ4n) is 1.39. The third kappa shape index (κ3) is 2.10. The van der Waals surface area contributed by atoms with E-state index in [1.165, 1.54) is 6.26 Å². The van der Waals surface area contributed by atoms with Crippen molar-refractivity contribution in [3.63, 3.8) is 0 Å². The van der Waals surface area contributed by atoms with Crippen molar-refractivity contribution in [2.75, 3.05) is 6.26 Å². The maximum Gasteiger partial charge on any atom is 0.175 e. The van der Waals surface area contributed by atoms with E-state index in [-0.39, 0.29) is 0 Å². The third-order valence-corrected chi connectivity index (χ3v) is 3.32. The van der Waals surface area contributed by atoms with E-state index < -0.39 is 9.84 Å². The lowest BCUT2D eigenvalue weighted by atomic mass is 10.2. The van der Waals surface area contributed by atoms with Crippen LogP contribution in [0.25, 0.3) is 11.3 Å². The number of nitrogens with one attached hydrogen (secondary N) is 1. The van der Waals surface area contributed by atoms with E-state index in [9.17, 15) is 8.42 Å². The van der Waals surface area contributed by atoms with Crippen LogP contribution in [0.4, 0.5) is 0 Å². The van der Waals surface area contributed by atoms with Crippen LogP contribution in [0.5, 0.6) is 0 Å². The molecule has 0 aliphatic rings. The average Bonchev–Trinajstić information content (AvgIpc) is 2.69. The van der Waals surface area contributed by atoms with E-state index in [1.54, 1.807) is 24.3 Å². The summed E-state index contributed by atoms with van der Waals surface area (Å²) in [4.78, 5) is 3.41. The van der Waals surface area contributed by atoms with Crippen LogP contribution in [0.3, 0.4) is 0 Å². The first kappa shape index (κ1) is 9.98. The molecule has 1 N–H and O–H groups in total. The summed E-state index contributed by atoms with van der Waals surface area (Å²) in [6.45, 7) is 0. The maximum absolute atomic E-state index is 11.2. The van der Waals surface area contributed by atoms with Crippen molar-refractivity contribution in [1.29, 1.82) is 0 Å². The van der Waals surface area contributed by atoms with Crippen LogP contribution >= 0.6 is 0 Å². The van der Waals surface area contributed by atoms with Gasteiger partial charge in [-0.15, -0.1) is 0 Å². The fourth-order valence-corrected chi connectivity index (χ4v) is 2.02. The number of H-pyrrole nitrogens is 1. The zero-order valence-electron chi connectivity index (χ0n) is 8.27. The standard InChI is InChI=1S/C11H11NO2S/c1-15(13,14)10-6-4-9(5-7-10)11-3-2-8-12-11/h2-8,12H,1H3. The molecule has 1 aromatic carbocycles. The lowest BCUT2D eigenvalue weighted by Gasteiger charge is -2.00. The lowest BCUT2D eigenvalue weighted by Crippen LogP contribution is -1.96. The zero-order valence-corrected chi connectivity index (χ0v) is 9.08. The normalized spacial score (nSPS) is 11.5. The summed E-state index contributed by atoms with van der Waals surface area (Å²) in [5.41, 5.74) is 1.96. The summed E-state index contributed by atoms with van der Waals surface area (Å²) in [5, 5.41) is 0. The monoisotopic (exact) mass is 221 g/mol. The van der Waals surface area contributed by atoms with Gasteiger partial charge in [0.25, 0.3) is 0 Å². The zero-order chi connectivity index (χ0) is 10.9. The summed E-state index contributed by atoms with van der Waals surface area (Å²) >= 11 is 0. The van der Waals surface area contributed by atoms with E-state index in [2.05, 4.69) is 4.98 Å². The molecule has 0 amide bonds. The van der Waals surface area contributed by atoms with Gasteiger partial charge in [0, 0.05) is 18.1 Å². The van der Waals surface area contributed by atoms with Crippen molar-refractivity contribution in [1.82, 2.24) is 4.98 Å². The first-order chi connectivity index (χ1) is 7.07. The number of hydrogen-bond acceptors (Lipinski definition) is 2. The highest BCUT2D eigenvalue weighted by Crippen LogP contribution is 2.19. The first-order valence-electron chi connectivity index (χ1n) is 4.51. The summed E-state index contributed by atoms with van der Waals surface area (Å²) < 4.78 is 22.4. The third-order valence-electron chi connectivity index (χ3n) is 2.19. The van der Waals surface area contributed by atoms with Crippen molar-refractivity contribution in [3.05, 3.63) is 42.6 Å². The number of aromatic amines is 1. The molecule has 1 aromatic heterocycles. The minimum Gasteiger partial charge on any atom is -0.361 e. The Morgan fingerprint density at radius 1 is 1.07 bits per heavy atom. The molecule has 0 saturated carbocycles. The molecular weight excluding hydrogens is 210 g/mol. The van der Waals surface area contributed by atoms with E-state index in [4.69, 9.17) is 0 Å². The summed E-state index contributed by atoms with van der Waals surface area (Å²) in [7, 11) is -3.10. The van der Waals surface area contributed by atoms with Gasteiger partial charge in [0.05, 0.1) is 4.90 Å². The maximum atomic E-state index is 11.2. The Bertz CT molecular complexity index is 539. The van der Waals surface area contributed by atoms with E-state index >= 15 is 0 Å². The van der Waals surface area contributed by atoms with Gasteiger partial charge >= 0.3 is 0 Å². The molecule has 0 aliphatic carbocycles. The van der Waals surface area contributed by atoms with Gasteiger partial charge < -0.3 is 4.98 Å². The van der Waals surface area contributed by atoms with Gasteiger partial charge in [-0.05, 0) is 29.8 Å². The van der Waals surface area contributed by atoms with Gasteiger partial charge in [0.1, 0.15) is 0 Å². The largest absolute Gasteiger partial charge is 0.361 e. The molecule has 3 nitrogen and oxygen atoms in total. The van der Waals surface area contributed by atoms with Crippen LogP contribution in [0.1, 0.15) is 0 Å². The van der Waals surface area contributed by atoms with Gasteiger partial charge in [-0.2, -0.15) is 0 Å². The van der Waals surface area contributed by atoms with E-state index in [0.29, 0.717) is 4.90 Å². The van der Waals surface area contributed by atoms with E-state index in [0.717, 1.165) is 11.3 Å².